The third-order valence-electron chi connectivity index (χ3n) is 4.68. The molecule has 0 saturated carbocycles. The first kappa shape index (κ1) is 22.7. The summed E-state index contributed by atoms with van der Waals surface area (Å²) in [6.07, 6.45) is 4.47. The fraction of sp³-hybridized carbons (Fsp3) is 0.0385. The van der Waals surface area contributed by atoms with Crippen LogP contribution in [-0.2, 0) is 14.3 Å². The Bertz CT molecular complexity index is 1310. The summed E-state index contributed by atoms with van der Waals surface area (Å²) in [4.78, 5) is 29.1. The zero-order valence-corrected chi connectivity index (χ0v) is 19.8. The number of aryl methyl sites for hydroxylation is 1. The van der Waals surface area contributed by atoms with Crippen molar-refractivity contribution in [2.75, 3.05) is 0 Å². The van der Waals surface area contributed by atoms with Crippen LogP contribution < -0.4 is 4.74 Å². The van der Waals surface area contributed by atoms with Crippen LogP contribution in [0.1, 0.15) is 22.3 Å². The second kappa shape index (κ2) is 9.98. The van der Waals surface area contributed by atoms with Crippen molar-refractivity contribution in [1.82, 2.24) is 0 Å². The Morgan fingerprint density at radius 1 is 1.06 bits per heavy atom. The second-order valence-corrected chi connectivity index (χ2v) is 8.54. The summed E-state index contributed by atoms with van der Waals surface area (Å²) < 4.78 is 11.6. The van der Waals surface area contributed by atoms with Crippen molar-refractivity contribution in [2.45, 2.75) is 6.92 Å². The van der Waals surface area contributed by atoms with Gasteiger partial charge in [0.05, 0.1) is 0 Å². The van der Waals surface area contributed by atoms with Crippen LogP contribution in [0.4, 0.5) is 0 Å². The molecule has 4 rings (SSSR count). The number of cyclic esters (lactones) is 1. The summed E-state index contributed by atoms with van der Waals surface area (Å²) in [5.41, 5.74) is 3.20. The van der Waals surface area contributed by atoms with Gasteiger partial charge in [0.15, 0.2) is 5.70 Å². The molecule has 0 fully saturated rings. The van der Waals surface area contributed by atoms with Gasteiger partial charge >= 0.3 is 11.9 Å². The standard InChI is InChI=1S/C26H17BrClNO4/c1-16-2-7-18(8-3-16)25-29-22(26(31)33-25)15-19-14-20(27)9-12-23(19)32-24(30)13-6-17-4-10-21(28)11-5-17/h2-15H,1H3/b13-6+,22-15-. The SMILES string of the molecule is Cc1ccc(C2=N/C(=C\c3cc(Br)ccc3OC(=O)/C=C/c3ccc(Cl)cc3)C(=O)O2)cc1. The molecule has 33 heavy (non-hydrogen) atoms. The normalized spacial score (nSPS) is 14.5. The van der Waals surface area contributed by atoms with Gasteiger partial charge < -0.3 is 9.47 Å². The van der Waals surface area contributed by atoms with E-state index in [1.165, 1.54) is 12.2 Å². The lowest BCUT2D eigenvalue weighted by Crippen LogP contribution is -2.06. The molecule has 0 amide bonds. The molecule has 0 aromatic heterocycles. The van der Waals surface area contributed by atoms with Crippen molar-refractivity contribution in [1.29, 1.82) is 0 Å². The number of hydrogen-bond donors (Lipinski definition) is 0. The summed E-state index contributed by atoms with van der Waals surface area (Å²) >= 11 is 9.28. The molecule has 0 radical (unpaired) electrons. The molecule has 0 bridgehead atoms. The highest BCUT2D eigenvalue weighted by molar-refractivity contribution is 9.10. The van der Waals surface area contributed by atoms with E-state index in [1.807, 2.05) is 31.2 Å². The van der Waals surface area contributed by atoms with Crippen LogP contribution in [0.2, 0.25) is 5.02 Å². The molecule has 1 aliphatic rings. The molecule has 0 unspecified atom stereocenters. The van der Waals surface area contributed by atoms with Gasteiger partial charge in [-0.05, 0) is 67.1 Å². The minimum absolute atomic E-state index is 0.109. The number of carbonyl (C=O) groups excluding carboxylic acids is 2. The smallest absolute Gasteiger partial charge is 0.363 e. The number of hydrogen-bond acceptors (Lipinski definition) is 5. The lowest BCUT2D eigenvalue weighted by atomic mass is 10.1. The van der Waals surface area contributed by atoms with E-state index in [4.69, 9.17) is 21.1 Å². The van der Waals surface area contributed by atoms with Crippen molar-refractivity contribution in [3.05, 3.63) is 110 Å². The number of esters is 2. The molecule has 1 heterocycles. The van der Waals surface area contributed by atoms with E-state index in [1.54, 1.807) is 48.5 Å². The molecule has 1 aliphatic heterocycles. The third-order valence-corrected chi connectivity index (χ3v) is 5.42. The molecular formula is C26H17BrClNO4. The van der Waals surface area contributed by atoms with Gasteiger partial charge in [-0.1, -0.05) is 57.4 Å². The molecule has 164 valence electrons. The minimum atomic E-state index is -0.578. The number of benzene rings is 3. The first-order chi connectivity index (χ1) is 15.9. The fourth-order valence-electron chi connectivity index (χ4n) is 2.98. The molecule has 0 aliphatic carbocycles. The van der Waals surface area contributed by atoms with E-state index in [2.05, 4.69) is 20.9 Å². The number of rotatable bonds is 5. The molecule has 5 nitrogen and oxygen atoms in total. The van der Waals surface area contributed by atoms with Crippen LogP contribution in [-0.4, -0.2) is 17.8 Å². The first-order valence-electron chi connectivity index (χ1n) is 9.92. The van der Waals surface area contributed by atoms with Gasteiger partial charge in [-0.15, -0.1) is 0 Å². The molecule has 0 spiro atoms. The lowest BCUT2D eigenvalue weighted by Gasteiger charge is -2.06. The quantitative estimate of drug-likeness (QED) is 0.222. The van der Waals surface area contributed by atoms with Crippen molar-refractivity contribution in [3.63, 3.8) is 0 Å². The van der Waals surface area contributed by atoms with Crippen molar-refractivity contribution in [3.8, 4) is 5.75 Å². The summed E-state index contributed by atoms with van der Waals surface area (Å²) in [5.74, 6) is -0.635. The number of nitrogens with zero attached hydrogens (tertiary/aromatic N) is 1. The highest BCUT2D eigenvalue weighted by Gasteiger charge is 2.24. The second-order valence-electron chi connectivity index (χ2n) is 7.19. The van der Waals surface area contributed by atoms with Crippen molar-refractivity contribution < 1.29 is 19.1 Å². The Balaban J connectivity index is 1.57. The minimum Gasteiger partial charge on any atom is -0.423 e. The largest absolute Gasteiger partial charge is 0.423 e. The van der Waals surface area contributed by atoms with E-state index in [0.29, 0.717) is 16.1 Å². The maximum atomic E-state index is 12.4. The van der Waals surface area contributed by atoms with E-state index in [-0.39, 0.29) is 17.3 Å². The summed E-state index contributed by atoms with van der Waals surface area (Å²) in [6.45, 7) is 1.97. The zero-order valence-electron chi connectivity index (χ0n) is 17.4. The highest BCUT2D eigenvalue weighted by Crippen LogP contribution is 2.28. The van der Waals surface area contributed by atoms with Gasteiger partial charge in [-0.3, -0.25) is 0 Å². The number of halogens is 2. The van der Waals surface area contributed by atoms with E-state index in [9.17, 15) is 9.59 Å². The average molecular weight is 523 g/mol. The Hall–Kier alpha value is -3.48. The Kier molecular flexibility index (Phi) is 6.87. The maximum Gasteiger partial charge on any atom is 0.363 e. The Labute approximate surface area is 204 Å². The van der Waals surface area contributed by atoms with Crippen molar-refractivity contribution >= 4 is 57.5 Å². The third kappa shape index (κ3) is 5.86. The number of carbonyl (C=O) groups is 2. The predicted molar refractivity (Wildman–Crippen MR) is 132 cm³/mol. The maximum absolute atomic E-state index is 12.4. The van der Waals surface area contributed by atoms with Gasteiger partial charge in [0.1, 0.15) is 5.75 Å². The van der Waals surface area contributed by atoms with Gasteiger partial charge in [-0.2, -0.15) is 0 Å². The number of ether oxygens (including phenoxy) is 2. The Morgan fingerprint density at radius 3 is 2.52 bits per heavy atom. The topological polar surface area (TPSA) is 65.0 Å². The van der Waals surface area contributed by atoms with Crippen LogP contribution in [0.25, 0.3) is 12.2 Å². The van der Waals surface area contributed by atoms with Gasteiger partial charge in [0.25, 0.3) is 0 Å². The lowest BCUT2D eigenvalue weighted by molar-refractivity contribution is -0.130. The van der Waals surface area contributed by atoms with E-state index in [0.717, 1.165) is 15.6 Å². The molecule has 0 atom stereocenters. The van der Waals surface area contributed by atoms with Crippen LogP contribution in [0.15, 0.2) is 88.0 Å². The summed E-state index contributed by atoms with van der Waals surface area (Å²) in [7, 11) is 0. The highest BCUT2D eigenvalue weighted by atomic mass is 79.9. The van der Waals surface area contributed by atoms with Crippen LogP contribution in [0, 0.1) is 6.92 Å². The predicted octanol–water partition coefficient (Wildman–Crippen LogP) is 6.37. The molecule has 7 heteroatoms. The van der Waals surface area contributed by atoms with Gasteiger partial charge in [0, 0.05) is 26.7 Å². The molecular weight excluding hydrogens is 506 g/mol. The fourth-order valence-corrected chi connectivity index (χ4v) is 3.49. The van der Waals surface area contributed by atoms with E-state index >= 15 is 0 Å². The van der Waals surface area contributed by atoms with Crippen LogP contribution in [0.3, 0.4) is 0 Å². The first-order valence-corrected chi connectivity index (χ1v) is 11.1. The monoisotopic (exact) mass is 521 g/mol. The van der Waals surface area contributed by atoms with Crippen molar-refractivity contribution in [2.24, 2.45) is 4.99 Å². The summed E-state index contributed by atoms with van der Waals surface area (Å²) in [6, 6.07) is 19.6. The number of aliphatic imine (C=N–C) groups is 1. The van der Waals surface area contributed by atoms with Gasteiger partial charge in [0.2, 0.25) is 5.90 Å². The van der Waals surface area contributed by atoms with Crippen LogP contribution >= 0.6 is 27.5 Å². The molecule has 3 aromatic carbocycles. The summed E-state index contributed by atoms with van der Waals surface area (Å²) in [5, 5.41) is 0.612. The van der Waals surface area contributed by atoms with Gasteiger partial charge in [-0.25, -0.2) is 14.6 Å². The Morgan fingerprint density at radius 2 is 1.79 bits per heavy atom. The average Bonchev–Trinajstić information content (AvgIpc) is 3.16. The van der Waals surface area contributed by atoms with Crippen LogP contribution in [0.5, 0.6) is 5.75 Å². The molecule has 0 N–H and O–H groups in total. The zero-order chi connectivity index (χ0) is 23.4. The molecule has 3 aromatic rings. The van der Waals surface area contributed by atoms with E-state index < -0.39 is 11.9 Å². The molecule has 0 saturated heterocycles.